The first-order chi connectivity index (χ1) is 7.50. The van der Waals surface area contributed by atoms with Crippen molar-refractivity contribution in [2.24, 2.45) is 0 Å². The number of phenols is 1. The zero-order valence-corrected chi connectivity index (χ0v) is 10.00. The van der Waals surface area contributed by atoms with Gasteiger partial charge in [0.05, 0.1) is 0 Å². The number of phenolic OH excluding ortho intramolecular Hbond substituents is 1. The minimum Gasteiger partial charge on any atom is -0.508 e. The van der Waals surface area contributed by atoms with E-state index in [1.165, 1.54) is 18.2 Å². The van der Waals surface area contributed by atoms with Gasteiger partial charge in [0, 0.05) is 24.7 Å². The Hall–Kier alpha value is -1.13. The molecule has 0 spiro atoms. The quantitative estimate of drug-likeness (QED) is 0.803. The summed E-state index contributed by atoms with van der Waals surface area (Å²) in [6.07, 6.45) is 0. The first-order valence-corrected chi connectivity index (χ1v) is 5.37. The number of benzene rings is 1. The predicted octanol–water partition coefficient (Wildman–Crippen LogP) is 1.74. The van der Waals surface area contributed by atoms with Crippen molar-refractivity contribution >= 4 is 0 Å². The standard InChI is InChI=1S/C12H19FN2O/c1-9(14-6-7-15(2)3)11-8-10(13)4-5-12(11)16/h4-5,8-9,14,16H,6-7H2,1-3H3. The lowest BCUT2D eigenvalue weighted by molar-refractivity contribution is 0.385. The third kappa shape index (κ3) is 3.79. The second-order valence-electron chi connectivity index (χ2n) is 4.18. The smallest absolute Gasteiger partial charge is 0.123 e. The largest absolute Gasteiger partial charge is 0.508 e. The molecule has 3 nitrogen and oxygen atoms in total. The molecule has 0 fully saturated rings. The molecule has 0 aromatic heterocycles. The second kappa shape index (κ2) is 5.82. The maximum atomic E-state index is 13.0. The summed E-state index contributed by atoms with van der Waals surface area (Å²) < 4.78 is 13.0. The maximum Gasteiger partial charge on any atom is 0.123 e. The Kier molecular flexibility index (Phi) is 4.71. The molecule has 0 saturated heterocycles. The summed E-state index contributed by atoms with van der Waals surface area (Å²) in [6, 6.07) is 3.94. The van der Waals surface area contributed by atoms with Crippen molar-refractivity contribution in [1.29, 1.82) is 0 Å². The van der Waals surface area contributed by atoms with Gasteiger partial charge in [-0.1, -0.05) is 0 Å². The number of nitrogens with one attached hydrogen (secondary N) is 1. The molecule has 1 unspecified atom stereocenters. The Morgan fingerprint density at radius 3 is 2.75 bits per heavy atom. The molecule has 0 saturated carbocycles. The minimum absolute atomic E-state index is 0.0596. The zero-order chi connectivity index (χ0) is 12.1. The summed E-state index contributed by atoms with van der Waals surface area (Å²) >= 11 is 0. The van der Waals surface area contributed by atoms with Gasteiger partial charge < -0.3 is 15.3 Å². The summed E-state index contributed by atoms with van der Waals surface area (Å²) in [5.74, 6) is -0.194. The fraction of sp³-hybridized carbons (Fsp3) is 0.500. The Balaban J connectivity index is 2.58. The molecular formula is C12H19FN2O. The lowest BCUT2D eigenvalue weighted by Gasteiger charge is -2.17. The van der Waals surface area contributed by atoms with Crippen molar-refractivity contribution in [3.8, 4) is 5.75 Å². The molecule has 1 aromatic carbocycles. The van der Waals surface area contributed by atoms with Gasteiger partial charge in [-0.15, -0.1) is 0 Å². The van der Waals surface area contributed by atoms with Crippen molar-refractivity contribution in [2.75, 3.05) is 27.2 Å². The fourth-order valence-corrected chi connectivity index (χ4v) is 1.49. The van der Waals surface area contributed by atoms with Gasteiger partial charge in [-0.25, -0.2) is 4.39 Å². The van der Waals surface area contributed by atoms with Crippen molar-refractivity contribution in [1.82, 2.24) is 10.2 Å². The maximum absolute atomic E-state index is 13.0. The molecular weight excluding hydrogens is 207 g/mol. The van der Waals surface area contributed by atoms with Gasteiger partial charge in [0.2, 0.25) is 0 Å². The second-order valence-corrected chi connectivity index (χ2v) is 4.18. The van der Waals surface area contributed by atoms with Crippen LogP contribution in [0, 0.1) is 5.82 Å². The van der Waals surface area contributed by atoms with Crippen LogP contribution in [0.1, 0.15) is 18.5 Å². The molecule has 90 valence electrons. The summed E-state index contributed by atoms with van der Waals surface area (Å²) in [5.41, 5.74) is 0.596. The van der Waals surface area contributed by atoms with E-state index in [4.69, 9.17) is 0 Å². The number of nitrogens with zero attached hydrogens (tertiary/aromatic N) is 1. The lowest BCUT2D eigenvalue weighted by Crippen LogP contribution is -2.28. The van der Waals surface area contributed by atoms with Gasteiger partial charge in [0.15, 0.2) is 0 Å². The first-order valence-electron chi connectivity index (χ1n) is 5.37. The molecule has 4 heteroatoms. The van der Waals surface area contributed by atoms with E-state index in [-0.39, 0.29) is 17.6 Å². The SMILES string of the molecule is CC(NCCN(C)C)c1cc(F)ccc1O. The fourth-order valence-electron chi connectivity index (χ4n) is 1.49. The van der Waals surface area contributed by atoms with Crippen LogP contribution in [0.3, 0.4) is 0 Å². The van der Waals surface area contributed by atoms with Gasteiger partial charge in [-0.2, -0.15) is 0 Å². The molecule has 16 heavy (non-hydrogen) atoms. The minimum atomic E-state index is -0.325. The zero-order valence-electron chi connectivity index (χ0n) is 10.00. The summed E-state index contributed by atoms with van der Waals surface area (Å²) in [5, 5.41) is 12.8. The molecule has 1 atom stereocenters. The molecule has 0 aliphatic rings. The molecule has 0 radical (unpaired) electrons. The molecule has 2 N–H and O–H groups in total. The van der Waals surface area contributed by atoms with Gasteiger partial charge in [-0.05, 0) is 39.2 Å². The van der Waals surface area contributed by atoms with Crippen LogP contribution in [0.25, 0.3) is 0 Å². The van der Waals surface area contributed by atoms with Crippen molar-refractivity contribution < 1.29 is 9.50 Å². The monoisotopic (exact) mass is 226 g/mol. The molecule has 0 heterocycles. The van der Waals surface area contributed by atoms with Crippen LogP contribution in [-0.4, -0.2) is 37.2 Å². The van der Waals surface area contributed by atoms with Gasteiger partial charge in [-0.3, -0.25) is 0 Å². The summed E-state index contributed by atoms with van der Waals surface area (Å²) in [6.45, 7) is 3.61. The molecule has 1 rings (SSSR count). The van der Waals surface area contributed by atoms with Crippen molar-refractivity contribution in [2.45, 2.75) is 13.0 Å². The number of likely N-dealkylation sites (N-methyl/N-ethyl adjacent to an activating group) is 1. The van der Waals surface area contributed by atoms with Crippen LogP contribution in [0.5, 0.6) is 5.75 Å². The van der Waals surface area contributed by atoms with Crippen LogP contribution in [-0.2, 0) is 0 Å². The van der Waals surface area contributed by atoms with Crippen LogP contribution in [0.15, 0.2) is 18.2 Å². The average molecular weight is 226 g/mol. The van der Waals surface area contributed by atoms with E-state index in [0.29, 0.717) is 5.56 Å². The lowest BCUT2D eigenvalue weighted by atomic mass is 10.1. The van der Waals surface area contributed by atoms with Crippen molar-refractivity contribution in [3.63, 3.8) is 0 Å². The van der Waals surface area contributed by atoms with Gasteiger partial charge in [0.1, 0.15) is 11.6 Å². The number of halogens is 1. The van der Waals surface area contributed by atoms with Gasteiger partial charge >= 0.3 is 0 Å². The Morgan fingerprint density at radius 1 is 1.44 bits per heavy atom. The molecule has 0 amide bonds. The molecule has 0 aliphatic carbocycles. The van der Waals surface area contributed by atoms with E-state index in [1.54, 1.807) is 0 Å². The first kappa shape index (κ1) is 12.9. The van der Waals surface area contributed by atoms with E-state index in [1.807, 2.05) is 21.0 Å². The Labute approximate surface area is 95.9 Å². The highest BCUT2D eigenvalue weighted by molar-refractivity contribution is 5.34. The van der Waals surface area contributed by atoms with Crippen LogP contribution < -0.4 is 5.32 Å². The summed E-state index contributed by atoms with van der Waals surface area (Å²) in [4.78, 5) is 2.06. The molecule has 0 bridgehead atoms. The van der Waals surface area contributed by atoms with E-state index < -0.39 is 0 Å². The van der Waals surface area contributed by atoms with Crippen molar-refractivity contribution in [3.05, 3.63) is 29.6 Å². The molecule has 0 aliphatic heterocycles. The normalized spacial score (nSPS) is 13.1. The third-order valence-electron chi connectivity index (χ3n) is 2.47. The van der Waals surface area contributed by atoms with Crippen LogP contribution in [0.2, 0.25) is 0 Å². The average Bonchev–Trinajstić information content (AvgIpc) is 2.21. The highest BCUT2D eigenvalue weighted by atomic mass is 19.1. The highest BCUT2D eigenvalue weighted by Gasteiger charge is 2.10. The van der Waals surface area contributed by atoms with Crippen LogP contribution in [0.4, 0.5) is 4.39 Å². The highest BCUT2D eigenvalue weighted by Crippen LogP contribution is 2.24. The van der Waals surface area contributed by atoms with E-state index in [2.05, 4.69) is 10.2 Å². The Bertz CT molecular complexity index is 342. The Morgan fingerprint density at radius 2 is 2.12 bits per heavy atom. The number of aromatic hydroxyl groups is 1. The van der Waals surface area contributed by atoms with E-state index in [0.717, 1.165) is 13.1 Å². The van der Waals surface area contributed by atoms with Crippen LogP contribution >= 0.6 is 0 Å². The topological polar surface area (TPSA) is 35.5 Å². The third-order valence-corrected chi connectivity index (χ3v) is 2.47. The predicted molar refractivity (Wildman–Crippen MR) is 63.0 cm³/mol. The number of hydrogen-bond donors (Lipinski definition) is 2. The number of rotatable bonds is 5. The molecule has 1 aromatic rings. The van der Waals surface area contributed by atoms with Gasteiger partial charge in [0.25, 0.3) is 0 Å². The summed E-state index contributed by atoms with van der Waals surface area (Å²) in [7, 11) is 3.98. The number of hydrogen-bond acceptors (Lipinski definition) is 3. The van der Waals surface area contributed by atoms with E-state index in [9.17, 15) is 9.50 Å². The van der Waals surface area contributed by atoms with E-state index >= 15 is 0 Å².